The Kier molecular flexibility index (Phi) is 6.71. The molecule has 4 saturated carbocycles. The van der Waals surface area contributed by atoms with E-state index in [0.717, 1.165) is 24.8 Å². The van der Waals surface area contributed by atoms with Crippen molar-refractivity contribution in [3.63, 3.8) is 0 Å². The van der Waals surface area contributed by atoms with Crippen LogP contribution in [0.15, 0.2) is 47.4 Å². The van der Waals surface area contributed by atoms with Crippen molar-refractivity contribution in [3.8, 4) is 0 Å². The molecule has 6 rings (SSSR count). The number of benzene rings is 1. The van der Waals surface area contributed by atoms with Crippen LogP contribution in [0.3, 0.4) is 0 Å². The summed E-state index contributed by atoms with van der Waals surface area (Å²) in [5.74, 6) is 3.03. The van der Waals surface area contributed by atoms with E-state index >= 15 is 0 Å². The van der Waals surface area contributed by atoms with Crippen LogP contribution < -0.4 is 5.14 Å². The van der Waals surface area contributed by atoms with Crippen LogP contribution in [0.25, 0.3) is 5.57 Å². The molecule has 1 aromatic rings. The summed E-state index contributed by atoms with van der Waals surface area (Å²) < 4.78 is 23.7. The Morgan fingerprint density at radius 2 is 1.61 bits per heavy atom. The Morgan fingerprint density at radius 3 is 2.22 bits per heavy atom. The maximum absolute atomic E-state index is 11.9. The lowest BCUT2D eigenvalue weighted by Gasteiger charge is -2.72. The Bertz CT molecular complexity index is 1380. The number of aliphatic hydroxyl groups excluding tert-OH is 1. The van der Waals surface area contributed by atoms with Gasteiger partial charge in [0.2, 0.25) is 10.0 Å². The Hall–Kier alpha value is -1.43. The Morgan fingerprint density at radius 1 is 0.927 bits per heavy atom. The molecule has 0 saturated heterocycles. The lowest BCUT2D eigenvalue weighted by Crippen LogP contribution is -2.65. The predicted molar refractivity (Wildman–Crippen MR) is 167 cm³/mol. The number of fused-ring (bicyclic) bond motifs is 7. The summed E-state index contributed by atoms with van der Waals surface area (Å²) in [6.45, 7) is 19.8. The van der Waals surface area contributed by atoms with Crippen LogP contribution in [0.4, 0.5) is 0 Å². The van der Waals surface area contributed by atoms with Crippen LogP contribution >= 0.6 is 0 Å². The molecular formula is C36H53NO3S. The number of allylic oxidation sites excluding steroid dienone is 3. The van der Waals surface area contributed by atoms with Gasteiger partial charge < -0.3 is 5.11 Å². The van der Waals surface area contributed by atoms with Gasteiger partial charge in [0, 0.05) is 6.61 Å². The van der Waals surface area contributed by atoms with Gasteiger partial charge in [-0.25, -0.2) is 13.6 Å². The van der Waals surface area contributed by atoms with Gasteiger partial charge in [0.25, 0.3) is 0 Å². The largest absolute Gasteiger partial charge is 0.396 e. The fourth-order valence-corrected chi connectivity index (χ4v) is 13.0. The first kappa shape index (κ1) is 29.6. The van der Waals surface area contributed by atoms with Crippen molar-refractivity contribution in [2.45, 2.75) is 104 Å². The van der Waals surface area contributed by atoms with E-state index in [1.54, 1.807) is 12.1 Å². The molecule has 226 valence electrons. The molecule has 4 nitrogen and oxygen atoms in total. The molecular weight excluding hydrogens is 526 g/mol. The summed E-state index contributed by atoms with van der Waals surface area (Å²) in [6.07, 6.45) is 13.4. The zero-order valence-electron chi connectivity index (χ0n) is 26.3. The van der Waals surface area contributed by atoms with Crippen LogP contribution in [0.2, 0.25) is 0 Å². The summed E-state index contributed by atoms with van der Waals surface area (Å²) in [6, 6.07) is 7.22. The second-order valence-corrected chi connectivity index (χ2v) is 17.9. The molecule has 4 fully saturated rings. The van der Waals surface area contributed by atoms with Gasteiger partial charge in [-0.1, -0.05) is 65.0 Å². The van der Waals surface area contributed by atoms with Crippen molar-refractivity contribution in [1.82, 2.24) is 0 Å². The highest BCUT2D eigenvalue weighted by atomic mass is 32.2. The van der Waals surface area contributed by atoms with E-state index in [9.17, 15) is 13.5 Å². The van der Waals surface area contributed by atoms with Gasteiger partial charge in [-0.15, -0.1) is 0 Å². The summed E-state index contributed by atoms with van der Waals surface area (Å²) in [7, 11) is -3.70. The average Bonchev–Trinajstić information content (AvgIpc) is 3.29. The van der Waals surface area contributed by atoms with Crippen LogP contribution in [0, 0.1) is 56.7 Å². The topological polar surface area (TPSA) is 80.4 Å². The number of rotatable bonds is 4. The first-order valence-electron chi connectivity index (χ1n) is 16.2. The van der Waals surface area contributed by atoms with Crippen molar-refractivity contribution >= 4 is 15.6 Å². The monoisotopic (exact) mass is 579 g/mol. The minimum absolute atomic E-state index is 0.00963. The fraction of sp³-hybridized carbons (Fsp3) is 0.722. The minimum atomic E-state index is -3.70. The molecule has 5 aliphatic rings. The molecule has 5 heteroatoms. The highest BCUT2D eigenvalue weighted by Crippen LogP contribution is 2.77. The molecule has 0 radical (unpaired) electrons. The van der Waals surface area contributed by atoms with Gasteiger partial charge in [0.05, 0.1) is 4.90 Å². The zero-order chi connectivity index (χ0) is 29.8. The van der Waals surface area contributed by atoms with Crippen molar-refractivity contribution in [2.24, 2.45) is 61.8 Å². The SMILES string of the molecule is C=C(C)[C@@H]1CC[C@]2(CO)CC[C@]3(C)[C@H](CC[C@@H]4[C@@]5(C)CC=C(c6ccc(S(N)(=O)=O)cc6)C(C)(C)[C@@H]5CC[C@]43C)[C@@H]12. The third-order valence-corrected chi connectivity index (χ3v) is 15.6. The van der Waals surface area contributed by atoms with Gasteiger partial charge in [-0.3, -0.25) is 0 Å². The van der Waals surface area contributed by atoms with Crippen molar-refractivity contribution < 1.29 is 13.5 Å². The summed E-state index contributed by atoms with van der Waals surface area (Å²) in [5.41, 5.74) is 4.68. The lowest BCUT2D eigenvalue weighted by atomic mass is 9.32. The van der Waals surface area contributed by atoms with E-state index in [1.165, 1.54) is 49.7 Å². The van der Waals surface area contributed by atoms with E-state index in [2.05, 4.69) is 54.2 Å². The number of aliphatic hydroxyl groups is 1. The van der Waals surface area contributed by atoms with E-state index < -0.39 is 10.0 Å². The smallest absolute Gasteiger partial charge is 0.238 e. The third kappa shape index (κ3) is 3.93. The third-order valence-electron chi connectivity index (χ3n) is 14.6. The molecule has 0 heterocycles. The van der Waals surface area contributed by atoms with Gasteiger partial charge in [0.15, 0.2) is 0 Å². The first-order valence-corrected chi connectivity index (χ1v) is 17.7. The van der Waals surface area contributed by atoms with E-state index in [1.807, 2.05) is 12.1 Å². The number of primary sulfonamides is 1. The normalized spacial score (nSPS) is 45.1. The molecule has 41 heavy (non-hydrogen) atoms. The average molecular weight is 580 g/mol. The highest BCUT2D eigenvalue weighted by Gasteiger charge is 2.70. The Labute approximate surface area is 249 Å². The molecule has 3 N–H and O–H groups in total. The predicted octanol–water partition coefficient (Wildman–Crippen LogP) is 7.98. The van der Waals surface area contributed by atoms with Gasteiger partial charge >= 0.3 is 0 Å². The summed E-state index contributed by atoms with van der Waals surface area (Å²) in [4.78, 5) is 0.174. The Balaban J connectivity index is 1.36. The molecule has 0 spiro atoms. The second kappa shape index (κ2) is 9.29. The number of hydrogen-bond acceptors (Lipinski definition) is 3. The number of nitrogens with two attached hydrogens (primary N) is 1. The van der Waals surface area contributed by atoms with Gasteiger partial charge in [-0.05, 0) is 145 Å². The standard InChI is InChI=1S/C36H53NO3S/c1-23(2)26-14-19-36(22-38)21-20-34(6)28(31(26)36)12-13-30-33(5)17-15-27(24-8-10-25(11-9-24)41(37,39)40)32(3,4)29(33)16-18-35(30,34)7/h8-11,15,26,28-31,38H,1,12-14,16-22H2,2-7H3,(H2,37,39,40)/t26-,28+,29-,30+,31+,33-,34+,35+,36+/m0/s1. The number of hydrogen-bond donors (Lipinski definition) is 2. The maximum Gasteiger partial charge on any atom is 0.238 e. The summed E-state index contributed by atoms with van der Waals surface area (Å²) in [5, 5.41) is 16.2. The summed E-state index contributed by atoms with van der Waals surface area (Å²) >= 11 is 0. The lowest BCUT2D eigenvalue weighted by molar-refractivity contribution is -0.228. The number of sulfonamides is 1. The van der Waals surface area contributed by atoms with Crippen molar-refractivity contribution in [3.05, 3.63) is 48.1 Å². The molecule has 0 amide bonds. The molecule has 5 aliphatic carbocycles. The van der Waals surface area contributed by atoms with Crippen LogP contribution in [0.1, 0.15) is 105 Å². The van der Waals surface area contributed by atoms with Gasteiger partial charge in [0.1, 0.15) is 0 Å². The highest BCUT2D eigenvalue weighted by molar-refractivity contribution is 7.89. The quantitative estimate of drug-likeness (QED) is 0.355. The van der Waals surface area contributed by atoms with Crippen LogP contribution in [0.5, 0.6) is 0 Å². The molecule has 0 unspecified atom stereocenters. The van der Waals surface area contributed by atoms with E-state index in [-0.39, 0.29) is 32.0 Å². The molecule has 0 aliphatic heterocycles. The maximum atomic E-state index is 11.9. The van der Waals surface area contributed by atoms with Crippen molar-refractivity contribution in [1.29, 1.82) is 0 Å². The fourth-order valence-electron chi connectivity index (χ4n) is 12.5. The van der Waals surface area contributed by atoms with Gasteiger partial charge in [-0.2, -0.15) is 0 Å². The second-order valence-electron chi connectivity index (χ2n) is 16.3. The first-order chi connectivity index (χ1) is 19.1. The molecule has 0 aromatic heterocycles. The molecule has 9 atom stereocenters. The molecule has 1 aromatic carbocycles. The minimum Gasteiger partial charge on any atom is -0.396 e. The molecule has 0 bridgehead atoms. The van der Waals surface area contributed by atoms with E-state index in [0.29, 0.717) is 36.2 Å². The van der Waals surface area contributed by atoms with Crippen LogP contribution in [-0.2, 0) is 10.0 Å². The van der Waals surface area contributed by atoms with Crippen molar-refractivity contribution in [2.75, 3.05) is 6.61 Å². The van der Waals surface area contributed by atoms with E-state index in [4.69, 9.17) is 5.14 Å². The van der Waals surface area contributed by atoms with Crippen LogP contribution in [-0.4, -0.2) is 20.1 Å². The zero-order valence-corrected chi connectivity index (χ0v) is 27.1.